The van der Waals surface area contributed by atoms with E-state index in [2.05, 4.69) is 15.6 Å². The van der Waals surface area contributed by atoms with Gasteiger partial charge in [-0.2, -0.15) is 0 Å². The number of rotatable bonds is 8. The molecule has 39 heavy (non-hydrogen) atoms. The Morgan fingerprint density at radius 1 is 1.26 bits per heavy atom. The van der Waals surface area contributed by atoms with Crippen LogP contribution in [0.2, 0.25) is 0 Å². The first-order valence-corrected chi connectivity index (χ1v) is 12.4. The van der Waals surface area contributed by atoms with Crippen LogP contribution >= 0.6 is 0 Å². The number of cyclic esters (lactones) is 1. The highest BCUT2D eigenvalue weighted by Crippen LogP contribution is 2.30. The smallest absolute Gasteiger partial charge is 0.416 e. The van der Waals surface area contributed by atoms with Gasteiger partial charge < -0.3 is 29.4 Å². The molecule has 12 nitrogen and oxygen atoms in total. The van der Waals surface area contributed by atoms with E-state index < -0.39 is 29.5 Å². The molecule has 0 radical (unpaired) electrons. The van der Waals surface area contributed by atoms with Gasteiger partial charge in [0.25, 0.3) is 11.5 Å². The van der Waals surface area contributed by atoms with E-state index in [0.29, 0.717) is 29.0 Å². The number of ether oxygens (including phenoxy) is 3. The van der Waals surface area contributed by atoms with Gasteiger partial charge in [0, 0.05) is 30.6 Å². The fraction of sp³-hybridized carbons (Fsp3) is 0.346. The summed E-state index contributed by atoms with van der Waals surface area (Å²) in [6, 6.07) is 7.15. The van der Waals surface area contributed by atoms with Crippen molar-refractivity contribution in [3.05, 3.63) is 57.6 Å². The van der Waals surface area contributed by atoms with E-state index in [1.54, 1.807) is 19.1 Å². The Morgan fingerprint density at radius 2 is 2.08 bits per heavy atom. The Hall–Kier alpha value is -4.52. The summed E-state index contributed by atoms with van der Waals surface area (Å²) in [5, 5.41) is 6.19. The summed E-state index contributed by atoms with van der Waals surface area (Å²) in [6.07, 6.45) is -0.878. The molecular weight excluding hydrogens is 513 g/mol. The summed E-state index contributed by atoms with van der Waals surface area (Å²) >= 11 is 0. The van der Waals surface area contributed by atoms with E-state index >= 15 is 0 Å². The van der Waals surface area contributed by atoms with Crippen LogP contribution in [0.4, 0.5) is 20.8 Å². The molecule has 1 aromatic carbocycles. The molecule has 1 atom stereocenters. The molecule has 1 fully saturated rings. The molecule has 4 heterocycles. The predicted molar refractivity (Wildman–Crippen MR) is 138 cm³/mol. The first-order valence-electron chi connectivity index (χ1n) is 12.4. The number of aromatic nitrogens is 2. The fourth-order valence-electron chi connectivity index (χ4n) is 4.63. The van der Waals surface area contributed by atoms with Crippen molar-refractivity contribution in [2.45, 2.75) is 19.4 Å². The summed E-state index contributed by atoms with van der Waals surface area (Å²) in [5.41, 5.74) is 0.230. The third-order valence-corrected chi connectivity index (χ3v) is 6.48. The second-order valence-corrected chi connectivity index (χ2v) is 9.02. The van der Waals surface area contributed by atoms with Gasteiger partial charge in [-0.05, 0) is 44.2 Å². The lowest BCUT2D eigenvalue weighted by molar-refractivity contribution is -0.118. The van der Waals surface area contributed by atoms with Gasteiger partial charge >= 0.3 is 12.1 Å². The lowest BCUT2D eigenvalue weighted by Crippen LogP contribution is -2.32. The molecule has 1 saturated heterocycles. The van der Waals surface area contributed by atoms with Crippen LogP contribution in [-0.2, 0) is 27.7 Å². The molecule has 0 aliphatic carbocycles. The molecule has 2 N–H and O–H groups in total. The number of amides is 2. The van der Waals surface area contributed by atoms with Gasteiger partial charge in [0.2, 0.25) is 0 Å². The molecule has 0 unspecified atom stereocenters. The van der Waals surface area contributed by atoms with E-state index in [0.717, 1.165) is 0 Å². The number of halogens is 1. The number of nitrogens with one attached hydrogen (secondary N) is 2. The van der Waals surface area contributed by atoms with E-state index in [1.807, 2.05) is 0 Å². The summed E-state index contributed by atoms with van der Waals surface area (Å²) in [6.45, 7) is 2.51. The monoisotopic (exact) mass is 539 g/mol. The fourth-order valence-corrected chi connectivity index (χ4v) is 4.63. The first kappa shape index (κ1) is 26.1. The third-order valence-electron chi connectivity index (χ3n) is 6.48. The quantitative estimate of drug-likeness (QED) is 0.323. The highest BCUT2D eigenvalue weighted by Gasteiger charge is 2.33. The van der Waals surface area contributed by atoms with Crippen molar-refractivity contribution >= 4 is 40.5 Å². The first-order chi connectivity index (χ1) is 18.8. The lowest BCUT2D eigenvalue weighted by Gasteiger charge is -2.19. The van der Waals surface area contributed by atoms with E-state index in [1.165, 1.54) is 34.7 Å². The number of carbonyl (C=O) groups excluding carboxylic acids is 3. The Morgan fingerprint density at radius 3 is 2.87 bits per heavy atom. The number of anilines is 2. The maximum Gasteiger partial charge on any atom is 0.416 e. The second-order valence-electron chi connectivity index (χ2n) is 9.02. The van der Waals surface area contributed by atoms with Crippen molar-refractivity contribution < 1.29 is 33.0 Å². The number of nitrogens with zero attached hydrogens (tertiary/aromatic N) is 3. The van der Waals surface area contributed by atoms with Gasteiger partial charge in [-0.1, -0.05) is 0 Å². The van der Waals surface area contributed by atoms with Crippen molar-refractivity contribution in [2.24, 2.45) is 7.05 Å². The van der Waals surface area contributed by atoms with Crippen LogP contribution < -0.4 is 25.8 Å². The van der Waals surface area contributed by atoms with Crippen molar-refractivity contribution in [3.8, 4) is 5.75 Å². The minimum absolute atomic E-state index is 0.0871. The third kappa shape index (κ3) is 5.12. The molecule has 2 aromatic heterocycles. The SMILES string of the molecule is CCOC(=O)c1cc(=O)n(C)c2c(CCNC[C@H]3CN(c4ccc5c(n4)NC(=O)CO5)C(=O)O3)c(F)ccc12. The molecule has 0 bridgehead atoms. The molecule has 2 amide bonds. The number of hydrogen-bond donors (Lipinski definition) is 2. The minimum Gasteiger partial charge on any atom is -0.480 e. The van der Waals surface area contributed by atoms with Gasteiger partial charge in [0.1, 0.15) is 17.7 Å². The van der Waals surface area contributed by atoms with Crippen LogP contribution in [0, 0.1) is 5.82 Å². The van der Waals surface area contributed by atoms with Crippen LogP contribution in [0.25, 0.3) is 10.9 Å². The van der Waals surface area contributed by atoms with Gasteiger partial charge in [0.05, 0.1) is 24.2 Å². The highest BCUT2D eigenvalue weighted by molar-refractivity contribution is 6.04. The molecule has 13 heteroatoms. The topological polar surface area (TPSA) is 141 Å². The largest absolute Gasteiger partial charge is 0.480 e. The predicted octanol–water partition coefficient (Wildman–Crippen LogP) is 1.74. The molecule has 2 aliphatic rings. The standard InChI is InChI=1S/C26H26FN5O7/c1-3-37-25(35)17-10-22(34)31(2)23-15(17)4-5-18(27)16(23)8-9-28-11-14-12-32(26(36)39-14)20-7-6-19-24(29-20)30-21(33)13-38-19/h4-7,10,14,28H,3,8-9,11-13H2,1-2H3,(H,29,30,33)/t14-/m0/s1. The molecule has 0 saturated carbocycles. The molecule has 5 rings (SSSR count). The maximum atomic E-state index is 14.9. The number of carbonyl (C=O) groups is 3. The number of fused-ring (bicyclic) bond motifs is 2. The van der Waals surface area contributed by atoms with Crippen molar-refractivity contribution in [1.82, 2.24) is 14.9 Å². The lowest BCUT2D eigenvalue weighted by atomic mass is 10.0. The zero-order valence-corrected chi connectivity index (χ0v) is 21.3. The van der Waals surface area contributed by atoms with Crippen molar-refractivity contribution in [2.75, 3.05) is 43.1 Å². The van der Waals surface area contributed by atoms with E-state index in [9.17, 15) is 23.6 Å². The van der Waals surface area contributed by atoms with Gasteiger partial charge in [-0.3, -0.25) is 14.5 Å². The second kappa shape index (κ2) is 10.7. The van der Waals surface area contributed by atoms with Crippen LogP contribution in [0.15, 0.2) is 35.1 Å². The minimum atomic E-state index is -0.646. The maximum absolute atomic E-state index is 14.9. The summed E-state index contributed by atoms with van der Waals surface area (Å²) in [7, 11) is 1.52. The molecular formula is C26H26FN5O7. The Balaban J connectivity index is 1.25. The Bertz CT molecular complexity index is 1540. The molecule has 2 aliphatic heterocycles. The highest BCUT2D eigenvalue weighted by atomic mass is 19.1. The molecule has 3 aromatic rings. The van der Waals surface area contributed by atoms with E-state index in [4.69, 9.17) is 14.2 Å². The zero-order valence-electron chi connectivity index (χ0n) is 21.3. The summed E-state index contributed by atoms with van der Waals surface area (Å²) in [4.78, 5) is 54.6. The number of hydrogen-bond acceptors (Lipinski definition) is 9. The van der Waals surface area contributed by atoms with Crippen LogP contribution in [0.1, 0.15) is 22.8 Å². The average Bonchev–Trinajstić information content (AvgIpc) is 3.29. The van der Waals surface area contributed by atoms with Crippen molar-refractivity contribution in [1.29, 1.82) is 0 Å². The number of esters is 1. The number of pyridine rings is 2. The number of aryl methyl sites for hydroxylation is 1. The summed E-state index contributed by atoms with van der Waals surface area (Å²) < 4.78 is 32.0. The normalized spacial score (nSPS) is 16.5. The Kier molecular flexibility index (Phi) is 7.15. The van der Waals surface area contributed by atoms with Crippen LogP contribution in [-0.4, -0.2) is 66.5 Å². The molecule has 204 valence electrons. The summed E-state index contributed by atoms with van der Waals surface area (Å²) in [5.74, 6) is -0.534. The van der Waals surface area contributed by atoms with Crippen LogP contribution in [0.5, 0.6) is 5.75 Å². The Labute approximate surface area is 221 Å². The van der Waals surface area contributed by atoms with Crippen LogP contribution in [0.3, 0.4) is 0 Å². The van der Waals surface area contributed by atoms with Gasteiger partial charge in [-0.15, -0.1) is 0 Å². The molecule has 0 spiro atoms. The average molecular weight is 540 g/mol. The zero-order chi connectivity index (χ0) is 27.7. The van der Waals surface area contributed by atoms with Gasteiger partial charge in [-0.25, -0.2) is 19.0 Å². The van der Waals surface area contributed by atoms with Crippen molar-refractivity contribution in [3.63, 3.8) is 0 Å². The number of benzene rings is 1. The van der Waals surface area contributed by atoms with E-state index in [-0.39, 0.29) is 55.6 Å². The van der Waals surface area contributed by atoms with Gasteiger partial charge in [0.15, 0.2) is 18.2 Å².